The van der Waals surface area contributed by atoms with Gasteiger partial charge in [0, 0.05) is 18.7 Å². The monoisotopic (exact) mass is 274 g/mol. The minimum absolute atomic E-state index is 0.00963. The van der Waals surface area contributed by atoms with Gasteiger partial charge in [-0.25, -0.2) is 8.78 Å². The fourth-order valence-corrected chi connectivity index (χ4v) is 2.15. The van der Waals surface area contributed by atoms with Gasteiger partial charge in [-0.1, -0.05) is 11.8 Å². The van der Waals surface area contributed by atoms with Crippen LogP contribution in [0, 0.1) is 17.6 Å². The summed E-state index contributed by atoms with van der Waals surface area (Å²) >= 11 is 0.888. The van der Waals surface area contributed by atoms with Crippen molar-refractivity contribution in [3.8, 4) is 0 Å². The fourth-order valence-electron chi connectivity index (χ4n) is 1.45. The van der Waals surface area contributed by atoms with Gasteiger partial charge in [0.15, 0.2) is 5.12 Å². The average molecular weight is 274 g/mol. The van der Waals surface area contributed by atoms with Crippen LogP contribution in [0.5, 0.6) is 0 Å². The molecule has 0 bridgehead atoms. The molecule has 98 valence electrons. The summed E-state index contributed by atoms with van der Waals surface area (Å²) in [6, 6.07) is 2.92. The van der Waals surface area contributed by atoms with Crippen LogP contribution in [0.4, 0.5) is 8.78 Å². The van der Waals surface area contributed by atoms with E-state index in [1.165, 1.54) is 6.92 Å². The summed E-state index contributed by atoms with van der Waals surface area (Å²) in [6.45, 7) is 1.34. The van der Waals surface area contributed by atoms with Gasteiger partial charge in [0.1, 0.15) is 11.6 Å². The first-order valence-corrected chi connectivity index (χ1v) is 6.18. The number of rotatable bonds is 5. The lowest BCUT2D eigenvalue weighted by atomic mass is 10.0. The van der Waals surface area contributed by atoms with E-state index < -0.39 is 23.5 Å². The molecule has 0 aromatic heterocycles. The normalized spacial score (nSPS) is 12.2. The number of hydrogen-bond donors (Lipinski definition) is 1. The second-order valence-electron chi connectivity index (χ2n) is 3.82. The van der Waals surface area contributed by atoms with E-state index in [0.717, 1.165) is 30.0 Å². The molecule has 0 fully saturated rings. The standard InChI is InChI=1S/C12H12F2O3S/c1-7(15)18-6-9(12(16)17)2-8-3-10(13)5-11(14)4-8/h3-5,9H,2,6H2,1H3,(H,16,17)/t9-/m1/s1. The Morgan fingerprint density at radius 1 is 1.28 bits per heavy atom. The van der Waals surface area contributed by atoms with Crippen LogP contribution in [0.15, 0.2) is 18.2 Å². The van der Waals surface area contributed by atoms with E-state index in [1.807, 2.05) is 0 Å². The van der Waals surface area contributed by atoms with E-state index in [9.17, 15) is 18.4 Å². The number of hydrogen-bond acceptors (Lipinski definition) is 3. The molecule has 0 radical (unpaired) electrons. The lowest BCUT2D eigenvalue weighted by molar-refractivity contribution is -0.140. The number of carboxylic acids is 1. The molecule has 1 aromatic carbocycles. The number of halogens is 2. The van der Waals surface area contributed by atoms with E-state index in [-0.39, 0.29) is 22.9 Å². The van der Waals surface area contributed by atoms with E-state index in [0.29, 0.717) is 0 Å². The molecule has 0 aliphatic heterocycles. The second kappa shape index (κ2) is 6.49. The highest BCUT2D eigenvalue weighted by atomic mass is 32.2. The summed E-state index contributed by atoms with van der Waals surface area (Å²) in [6.07, 6.45) is -0.00963. The van der Waals surface area contributed by atoms with Crippen molar-refractivity contribution >= 4 is 22.8 Å². The summed E-state index contributed by atoms with van der Waals surface area (Å²) in [5, 5.41) is 8.79. The first kappa shape index (κ1) is 14.6. The second-order valence-corrected chi connectivity index (χ2v) is 5.02. The van der Waals surface area contributed by atoms with Crippen molar-refractivity contribution in [1.82, 2.24) is 0 Å². The fraction of sp³-hybridized carbons (Fsp3) is 0.333. The first-order valence-electron chi connectivity index (χ1n) is 5.19. The van der Waals surface area contributed by atoms with Gasteiger partial charge in [0.25, 0.3) is 0 Å². The molecule has 0 saturated heterocycles. The molecule has 0 aliphatic carbocycles. The third kappa shape index (κ3) is 4.83. The van der Waals surface area contributed by atoms with Gasteiger partial charge in [0.05, 0.1) is 5.92 Å². The third-order valence-corrected chi connectivity index (χ3v) is 3.22. The van der Waals surface area contributed by atoms with Crippen LogP contribution in [0.1, 0.15) is 12.5 Å². The van der Waals surface area contributed by atoms with Crippen LogP contribution >= 0.6 is 11.8 Å². The summed E-state index contributed by atoms with van der Waals surface area (Å²) in [7, 11) is 0. The zero-order chi connectivity index (χ0) is 13.7. The van der Waals surface area contributed by atoms with Crippen molar-refractivity contribution in [1.29, 1.82) is 0 Å². The van der Waals surface area contributed by atoms with Crippen LogP contribution in [0.2, 0.25) is 0 Å². The highest BCUT2D eigenvalue weighted by molar-refractivity contribution is 8.13. The summed E-state index contributed by atoms with van der Waals surface area (Å²) in [5.41, 5.74) is 0.268. The predicted molar refractivity (Wildman–Crippen MR) is 64.3 cm³/mol. The average Bonchev–Trinajstić information content (AvgIpc) is 2.22. The maximum atomic E-state index is 12.9. The highest BCUT2D eigenvalue weighted by Gasteiger charge is 2.19. The number of carbonyl (C=O) groups excluding carboxylic acids is 1. The molecule has 1 aromatic rings. The summed E-state index contributed by atoms with van der Waals surface area (Å²) in [5.74, 6) is -3.33. The molecule has 0 aliphatic rings. The van der Waals surface area contributed by atoms with Crippen molar-refractivity contribution < 1.29 is 23.5 Å². The van der Waals surface area contributed by atoms with Crippen molar-refractivity contribution in [2.75, 3.05) is 5.75 Å². The van der Waals surface area contributed by atoms with Crippen LogP contribution in [-0.4, -0.2) is 21.9 Å². The Labute approximate surface area is 107 Å². The smallest absolute Gasteiger partial charge is 0.307 e. The van der Waals surface area contributed by atoms with Gasteiger partial charge in [0.2, 0.25) is 0 Å². The molecule has 0 unspecified atom stereocenters. The molecule has 6 heteroatoms. The van der Waals surface area contributed by atoms with E-state index in [1.54, 1.807) is 0 Å². The van der Waals surface area contributed by atoms with Crippen molar-refractivity contribution in [2.24, 2.45) is 5.92 Å². The van der Waals surface area contributed by atoms with Gasteiger partial charge < -0.3 is 5.11 Å². The van der Waals surface area contributed by atoms with Gasteiger partial charge >= 0.3 is 5.97 Å². The number of thioether (sulfide) groups is 1. The van der Waals surface area contributed by atoms with Gasteiger partial charge in [-0.05, 0) is 24.1 Å². The molecular weight excluding hydrogens is 262 g/mol. The molecule has 0 amide bonds. The largest absolute Gasteiger partial charge is 0.481 e. The molecule has 18 heavy (non-hydrogen) atoms. The molecular formula is C12H12F2O3S. The Morgan fingerprint density at radius 2 is 1.83 bits per heavy atom. The third-order valence-electron chi connectivity index (χ3n) is 2.24. The Kier molecular flexibility index (Phi) is 5.27. The minimum Gasteiger partial charge on any atom is -0.481 e. The molecule has 1 N–H and O–H groups in total. The van der Waals surface area contributed by atoms with E-state index >= 15 is 0 Å². The van der Waals surface area contributed by atoms with E-state index in [2.05, 4.69) is 0 Å². The highest BCUT2D eigenvalue weighted by Crippen LogP contribution is 2.17. The SMILES string of the molecule is CC(=O)SC[C@@H](Cc1cc(F)cc(F)c1)C(=O)O. The predicted octanol–water partition coefficient (Wildman–Crippen LogP) is 2.49. The van der Waals surface area contributed by atoms with Gasteiger partial charge in [-0.3, -0.25) is 9.59 Å². The van der Waals surface area contributed by atoms with Crippen molar-refractivity contribution in [2.45, 2.75) is 13.3 Å². The Balaban J connectivity index is 2.76. The summed E-state index contributed by atoms with van der Waals surface area (Å²) in [4.78, 5) is 21.8. The van der Waals surface area contributed by atoms with Crippen molar-refractivity contribution in [3.05, 3.63) is 35.4 Å². The zero-order valence-electron chi connectivity index (χ0n) is 9.65. The molecule has 1 rings (SSSR count). The number of aliphatic carboxylic acids is 1. The Hall–Kier alpha value is -1.43. The molecule has 3 nitrogen and oxygen atoms in total. The molecule has 1 atom stereocenters. The maximum Gasteiger partial charge on any atom is 0.307 e. The summed E-state index contributed by atoms with van der Waals surface area (Å²) < 4.78 is 25.9. The van der Waals surface area contributed by atoms with Crippen molar-refractivity contribution in [3.63, 3.8) is 0 Å². The first-order chi connectivity index (χ1) is 8.38. The maximum absolute atomic E-state index is 12.9. The van der Waals surface area contributed by atoms with Gasteiger partial charge in [-0.15, -0.1) is 0 Å². The topological polar surface area (TPSA) is 54.4 Å². The quantitative estimate of drug-likeness (QED) is 0.896. The van der Waals surface area contributed by atoms with Crippen LogP contribution in [0.25, 0.3) is 0 Å². The Morgan fingerprint density at radius 3 is 2.28 bits per heavy atom. The minimum atomic E-state index is -1.09. The van der Waals surface area contributed by atoms with Crippen LogP contribution in [-0.2, 0) is 16.0 Å². The van der Waals surface area contributed by atoms with Crippen LogP contribution in [0.3, 0.4) is 0 Å². The van der Waals surface area contributed by atoms with Gasteiger partial charge in [-0.2, -0.15) is 0 Å². The zero-order valence-corrected chi connectivity index (χ0v) is 10.5. The van der Waals surface area contributed by atoms with E-state index in [4.69, 9.17) is 5.11 Å². The number of carbonyl (C=O) groups is 2. The lowest BCUT2D eigenvalue weighted by Gasteiger charge is -2.11. The lowest BCUT2D eigenvalue weighted by Crippen LogP contribution is -2.19. The number of benzene rings is 1. The Bertz CT molecular complexity index is 442. The molecule has 0 heterocycles. The molecule has 0 saturated carbocycles. The molecule has 0 spiro atoms. The van der Waals surface area contributed by atoms with Crippen LogP contribution < -0.4 is 0 Å². The number of carboxylic acid groups (broad SMARTS) is 1.